The van der Waals surface area contributed by atoms with Crippen molar-refractivity contribution in [1.82, 2.24) is 0 Å². The van der Waals surface area contributed by atoms with Gasteiger partial charge in [-0.15, -0.1) is 0 Å². The Balaban J connectivity index is 2.59. The Morgan fingerprint density at radius 1 is 1.25 bits per heavy atom. The molecular weight excluding hydrogens is 252 g/mol. The highest BCUT2D eigenvalue weighted by Gasteiger charge is 2.35. The van der Waals surface area contributed by atoms with E-state index < -0.39 is 0 Å². The van der Waals surface area contributed by atoms with E-state index in [1.807, 2.05) is 6.07 Å². The zero-order chi connectivity index (χ0) is 14.8. The molecule has 1 aliphatic rings. The Hall–Kier alpha value is -1.51. The number of rotatable bonds is 6. The summed E-state index contributed by atoms with van der Waals surface area (Å²) in [4.78, 5) is 11.7. The Morgan fingerprint density at radius 3 is 2.50 bits per heavy atom. The Morgan fingerprint density at radius 2 is 1.95 bits per heavy atom. The van der Waals surface area contributed by atoms with Gasteiger partial charge in [0.05, 0.1) is 12.7 Å². The van der Waals surface area contributed by atoms with Gasteiger partial charge in [0.1, 0.15) is 12.4 Å². The SMILES string of the molecule is CCCC(CC)(CC)c1ccc2c(c1OC)COC2=O. The van der Waals surface area contributed by atoms with E-state index in [1.165, 1.54) is 5.56 Å². The highest BCUT2D eigenvalue weighted by molar-refractivity contribution is 5.94. The van der Waals surface area contributed by atoms with Crippen molar-refractivity contribution >= 4 is 5.97 Å². The molecule has 3 heteroatoms. The quantitative estimate of drug-likeness (QED) is 0.730. The van der Waals surface area contributed by atoms with E-state index >= 15 is 0 Å². The first kappa shape index (κ1) is 14.9. The molecule has 0 bridgehead atoms. The van der Waals surface area contributed by atoms with Crippen LogP contribution in [0.2, 0.25) is 0 Å². The molecule has 0 aliphatic carbocycles. The molecule has 20 heavy (non-hydrogen) atoms. The molecule has 0 fully saturated rings. The molecule has 110 valence electrons. The molecule has 3 nitrogen and oxygen atoms in total. The van der Waals surface area contributed by atoms with Crippen LogP contribution in [0, 0.1) is 0 Å². The number of fused-ring (bicyclic) bond motifs is 1. The number of hydrogen-bond acceptors (Lipinski definition) is 3. The highest BCUT2D eigenvalue weighted by Crippen LogP contribution is 2.44. The van der Waals surface area contributed by atoms with Crippen molar-refractivity contribution in [2.24, 2.45) is 0 Å². The monoisotopic (exact) mass is 276 g/mol. The lowest BCUT2D eigenvalue weighted by Gasteiger charge is -2.34. The van der Waals surface area contributed by atoms with E-state index in [9.17, 15) is 4.79 Å². The van der Waals surface area contributed by atoms with Crippen molar-refractivity contribution in [3.05, 3.63) is 28.8 Å². The lowest BCUT2D eigenvalue weighted by Crippen LogP contribution is -2.25. The zero-order valence-corrected chi connectivity index (χ0v) is 12.9. The van der Waals surface area contributed by atoms with Gasteiger partial charge in [0.2, 0.25) is 0 Å². The first-order chi connectivity index (χ1) is 9.63. The largest absolute Gasteiger partial charge is 0.496 e. The first-order valence-electron chi connectivity index (χ1n) is 7.51. The fourth-order valence-corrected chi connectivity index (χ4v) is 3.43. The molecule has 2 rings (SSSR count). The third-order valence-electron chi connectivity index (χ3n) is 4.69. The molecule has 1 aromatic carbocycles. The third-order valence-corrected chi connectivity index (χ3v) is 4.69. The number of carbonyl (C=O) groups excluding carboxylic acids is 1. The maximum atomic E-state index is 11.7. The molecule has 1 aliphatic heterocycles. The second-order valence-electron chi connectivity index (χ2n) is 5.49. The van der Waals surface area contributed by atoms with Crippen molar-refractivity contribution in [1.29, 1.82) is 0 Å². The summed E-state index contributed by atoms with van der Waals surface area (Å²) < 4.78 is 10.8. The molecule has 1 aromatic rings. The van der Waals surface area contributed by atoms with Crippen molar-refractivity contribution < 1.29 is 14.3 Å². The molecule has 0 radical (unpaired) electrons. The topological polar surface area (TPSA) is 35.5 Å². The molecular formula is C17H24O3. The molecule has 0 unspecified atom stereocenters. The van der Waals surface area contributed by atoms with E-state index in [1.54, 1.807) is 7.11 Å². The van der Waals surface area contributed by atoms with Crippen molar-refractivity contribution in [2.45, 2.75) is 58.5 Å². The summed E-state index contributed by atoms with van der Waals surface area (Å²) >= 11 is 0. The molecule has 0 N–H and O–H groups in total. The predicted molar refractivity (Wildman–Crippen MR) is 79.3 cm³/mol. The van der Waals surface area contributed by atoms with Crippen LogP contribution in [-0.4, -0.2) is 13.1 Å². The molecule has 0 amide bonds. The summed E-state index contributed by atoms with van der Waals surface area (Å²) in [5, 5.41) is 0. The minimum Gasteiger partial charge on any atom is -0.496 e. The number of carbonyl (C=O) groups is 1. The maximum Gasteiger partial charge on any atom is 0.339 e. The van der Waals surface area contributed by atoms with Crippen LogP contribution in [-0.2, 0) is 16.8 Å². The first-order valence-corrected chi connectivity index (χ1v) is 7.51. The van der Waals surface area contributed by atoms with E-state index in [2.05, 4.69) is 26.8 Å². The number of benzene rings is 1. The summed E-state index contributed by atoms with van der Waals surface area (Å²) in [6.45, 7) is 7.01. The second kappa shape index (κ2) is 5.86. The fourth-order valence-electron chi connectivity index (χ4n) is 3.43. The van der Waals surface area contributed by atoms with Crippen LogP contribution in [0.15, 0.2) is 12.1 Å². The van der Waals surface area contributed by atoms with Gasteiger partial charge in [-0.25, -0.2) is 4.79 Å². The second-order valence-corrected chi connectivity index (χ2v) is 5.49. The standard InChI is InChI=1S/C17H24O3/c1-5-10-17(6-2,7-3)14-9-8-12-13(15(14)19-4)11-20-16(12)18/h8-9H,5-7,10-11H2,1-4H3. The number of ether oxygens (including phenoxy) is 2. The van der Waals surface area contributed by atoms with Crippen LogP contribution >= 0.6 is 0 Å². The lowest BCUT2D eigenvalue weighted by atomic mass is 9.71. The Labute approximate surface area is 121 Å². The minimum absolute atomic E-state index is 0.126. The molecule has 0 saturated heterocycles. The Kier molecular flexibility index (Phi) is 4.36. The normalized spacial score (nSPS) is 14.1. The summed E-state index contributed by atoms with van der Waals surface area (Å²) in [6, 6.07) is 3.96. The van der Waals surface area contributed by atoms with E-state index in [0.717, 1.165) is 37.0 Å². The average Bonchev–Trinajstić information content (AvgIpc) is 2.86. The summed E-state index contributed by atoms with van der Waals surface area (Å²) in [7, 11) is 1.68. The minimum atomic E-state index is -0.237. The van der Waals surface area contributed by atoms with Crippen LogP contribution in [0.25, 0.3) is 0 Å². The lowest BCUT2D eigenvalue weighted by molar-refractivity contribution is 0.0534. The third kappa shape index (κ3) is 2.19. The van der Waals surface area contributed by atoms with Gasteiger partial charge in [-0.2, -0.15) is 0 Å². The van der Waals surface area contributed by atoms with Crippen LogP contribution in [0.1, 0.15) is 67.9 Å². The van der Waals surface area contributed by atoms with E-state index in [4.69, 9.17) is 9.47 Å². The van der Waals surface area contributed by atoms with Crippen LogP contribution in [0.5, 0.6) is 5.75 Å². The molecule has 0 spiro atoms. The van der Waals surface area contributed by atoms with Gasteiger partial charge in [-0.3, -0.25) is 0 Å². The average molecular weight is 276 g/mol. The number of hydrogen-bond donors (Lipinski definition) is 0. The highest BCUT2D eigenvalue weighted by atomic mass is 16.5. The fraction of sp³-hybridized carbons (Fsp3) is 0.588. The van der Waals surface area contributed by atoms with E-state index in [-0.39, 0.29) is 11.4 Å². The van der Waals surface area contributed by atoms with Gasteiger partial charge in [-0.05, 0) is 30.7 Å². The summed E-state index contributed by atoms with van der Waals surface area (Å²) in [5.74, 6) is 0.615. The number of esters is 1. The van der Waals surface area contributed by atoms with Gasteiger partial charge in [0, 0.05) is 11.1 Å². The van der Waals surface area contributed by atoms with Crippen LogP contribution < -0.4 is 4.74 Å². The van der Waals surface area contributed by atoms with Gasteiger partial charge in [-0.1, -0.05) is 33.3 Å². The predicted octanol–water partition coefficient (Wildman–Crippen LogP) is 4.22. The van der Waals surface area contributed by atoms with Crippen LogP contribution in [0.4, 0.5) is 0 Å². The Bertz CT molecular complexity index is 501. The van der Waals surface area contributed by atoms with E-state index in [0.29, 0.717) is 12.2 Å². The maximum absolute atomic E-state index is 11.7. The van der Waals surface area contributed by atoms with Gasteiger partial charge in [0.25, 0.3) is 0 Å². The summed E-state index contributed by atoms with van der Waals surface area (Å²) in [5.41, 5.74) is 2.92. The van der Waals surface area contributed by atoms with Gasteiger partial charge in [0.15, 0.2) is 0 Å². The van der Waals surface area contributed by atoms with Crippen molar-refractivity contribution in [3.8, 4) is 5.75 Å². The van der Waals surface area contributed by atoms with Crippen LogP contribution in [0.3, 0.4) is 0 Å². The van der Waals surface area contributed by atoms with Gasteiger partial charge >= 0.3 is 5.97 Å². The van der Waals surface area contributed by atoms with Crippen molar-refractivity contribution in [2.75, 3.05) is 7.11 Å². The van der Waals surface area contributed by atoms with Gasteiger partial charge < -0.3 is 9.47 Å². The number of methoxy groups -OCH3 is 1. The van der Waals surface area contributed by atoms with Crippen molar-refractivity contribution in [3.63, 3.8) is 0 Å². The molecule has 0 aromatic heterocycles. The molecule has 1 heterocycles. The molecule has 0 atom stereocenters. The smallest absolute Gasteiger partial charge is 0.339 e. The summed E-state index contributed by atoms with van der Waals surface area (Å²) in [6.07, 6.45) is 4.41. The number of cyclic esters (lactones) is 1. The zero-order valence-electron chi connectivity index (χ0n) is 12.9. The molecule has 0 saturated carbocycles.